The van der Waals surface area contributed by atoms with E-state index in [-0.39, 0.29) is 29.9 Å². The van der Waals surface area contributed by atoms with Gasteiger partial charge in [0.25, 0.3) is 0 Å². The third kappa shape index (κ3) is 8.60. The number of nitrogens with one attached hydrogen (secondary N) is 1. The number of likely N-dealkylation sites (tertiary alicyclic amines) is 1. The number of hydrogen-bond acceptors (Lipinski definition) is 7. The summed E-state index contributed by atoms with van der Waals surface area (Å²) in [5.41, 5.74) is -0.505. The van der Waals surface area contributed by atoms with Gasteiger partial charge < -0.3 is 24.4 Å². The second-order valence-corrected chi connectivity index (χ2v) is 7.86. The molecule has 2 aliphatic rings. The summed E-state index contributed by atoms with van der Waals surface area (Å²) in [6.07, 6.45) is 3.27. The minimum Gasteiger partial charge on any atom is -0.469 e. The van der Waals surface area contributed by atoms with E-state index < -0.39 is 5.60 Å². The number of carbonyl (C=O) groups excluding carboxylic acids is 3. The first kappa shape index (κ1) is 23.2. The van der Waals surface area contributed by atoms with Gasteiger partial charge in [-0.15, -0.1) is 0 Å². The molecule has 0 radical (unpaired) electrons. The first-order valence-electron chi connectivity index (χ1n) is 9.52. The monoisotopic (exact) mass is 386 g/mol. The van der Waals surface area contributed by atoms with Gasteiger partial charge in [-0.2, -0.15) is 0 Å². The molecule has 2 fully saturated rings. The number of rotatable bonds is 2. The van der Waals surface area contributed by atoms with Crippen molar-refractivity contribution in [2.24, 2.45) is 11.8 Å². The van der Waals surface area contributed by atoms with Gasteiger partial charge in [0.1, 0.15) is 5.60 Å². The summed E-state index contributed by atoms with van der Waals surface area (Å²) in [6, 6.07) is 0. The molecule has 8 heteroatoms. The normalized spacial score (nSPS) is 22.8. The molecule has 0 aliphatic carbocycles. The van der Waals surface area contributed by atoms with Crippen molar-refractivity contribution in [2.45, 2.75) is 52.1 Å². The van der Waals surface area contributed by atoms with Crippen LogP contribution in [0.1, 0.15) is 46.5 Å². The molecule has 2 heterocycles. The Hall–Kier alpha value is -1.83. The van der Waals surface area contributed by atoms with Gasteiger partial charge in [0.05, 0.1) is 26.1 Å². The van der Waals surface area contributed by atoms with Crippen molar-refractivity contribution in [2.75, 3.05) is 40.4 Å². The third-order valence-electron chi connectivity index (χ3n) is 4.44. The zero-order valence-corrected chi connectivity index (χ0v) is 17.2. The molecule has 27 heavy (non-hydrogen) atoms. The topological polar surface area (TPSA) is 94.2 Å². The Labute approximate surface area is 161 Å². The van der Waals surface area contributed by atoms with Crippen LogP contribution >= 0.6 is 0 Å². The lowest BCUT2D eigenvalue weighted by Gasteiger charge is -2.32. The first-order valence-corrected chi connectivity index (χ1v) is 9.52. The number of methoxy groups -OCH3 is 2. The van der Waals surface area contributed by atoms with Gasteiger partial charge in [0.15, 0.2) is 0 Å². The smallest absolute Gasteiger partial charge is 0.410 e. The van der Waals surface area contributed by atoms with E-state index in [1.54, 1.807) is 4.90 Å². The predicted octanol–water partition coefficient (Wildman–Crippen LogP) is 1.97. The van der Waals surface area contributed by atoms with E-state index in [1.807, 2.05) is 20.8 Å². The fourth-order valence-corrected chi connectivity index (χ4v) is 3.05. The molecule has 2 saturated heterocycles. The van der Waals surface area contributed by atoms with E-state index in [4.69, 9.17) is 9.47 Å². The SMILES string of the molecule is COC(=O)[C@@H]1CCCN(C(=O)OC(C)(C)C)C1.COC(=O)[C@@H]1CCCNC1. The second-order valence-electron chi connectivity index (χ2n) is 7.86. The number of ether oxygens (including phenoxy) is 3. The molecular weight excluding hydrogens is 352 g/mol. The van der Waals surface area contributed by atoms with Crippen molar-refractivity contribution in [3.05, 3.63) is 0 Å². The highest BCUT2D eigenvalue weighted by Crippen LogP contribution is 2.20. The van der Waals surface area contributed by atoms with Gasteiger partial charge in [-0.25, -0.2) is 4.79 Å². The fraction of sp³-hybridized carbons (Fsp3) is 0.842. The zero-order valence-electron chi connectivity index (χ0n) is 17.2. The molecule has 0 aromatic heterocycles. The van der Waals surface area contributed by atoms with Gasteiger partial charge in [-0.05, 0) is 53.0 Å². The summed E-state index contributed by atoms with van der Waals surface area (Å²) in [7, 11) is 2.81. The molecule has 2 aliphatic heterocycles. The lowest BCUT2D eigenvalue weighted by molar-refractivity contribution is -0.147. The molecule has 0 spiro atoms. The highest BCUT2D eigenvalue weighted by Gasteiger charge is 2.31. The average Bonchev–Trinajstić information content (AvgIpc) is 2.66. The van der Waals surface area contributed by atoms with Gasteiger partial charge in [0.2, 0.25) is 0 Å². The molecule has 0 unspecified atom stereocenters. The van der Waals surface area contributed by atoms with E-state index in [2.05, 4.69) is 10.1 Å². The summed E-state index contributed by atoms with van der Waals surface area (Å²) >= 11 is 0. The molecule has 0 bridgehead atoms. The summed E-state index contributed by atoms with van der Waals surface area (Å²) in [4.78, 5) is 35.7. The standard InChI is InChI=1S/C12H21NO4.C7H13NO2/c1-12(2,3)17-11(15)13-7-5-6-9(8-13)10(14)16-4;1-10-7(9)6-3-2-4-8-5-6/h9H,5-8H2,1-4H3;6,8H,2-5H2,1H3/t9-;6-/m11/s1. The first-order chi connectivity index (χ1) is 12.7. The van der Waals surface area contributed by atoms with Crippen LogP contribution in [0.25, 0.3) is 0 Å². The van der Waals surface area contributed by atoms with E-state index >= 15 is 0 Å². The number of amides is 1. The van der Waals surface area contributed by atoms with Crippen LogP contribution < -0.4 is 5.32 Å². The average molecular weight is 386 g/mol. The van der Waals surface area contributed by atoms with Gasteiger partial charge >= 0.3 is 18.0 Å². The third-order valence-corrected chi connectivity index (χ3v) is 4.44. The van der Waals surface area contributed by atoms with Crippen molar-refractivity contribution >= 4 is 18.0 Å². The lowest BCUT2D eigenvalue weighted by Crippen LogP contribution is -2.44. The summed E-state index contributed by atoms with van der Waals surface area (Å²) in [5.74, 6) is -0.453. The van der Waals surface area contributed by atoms with Crippen molar-refractivity contribution in [1.29, 1.82) is 0 Å². The maximum Gasteiger partial charge on any atom is 0.410 e. The largest absolute Gasteiger partial charge is 0.469 e. The summed E-state index contributed by atoms with van der Waals surface area (Å²) in [6.45, 7) is 8.33. The minimum atomic E-state index is -0.505. The molecule has 8 nitrogen and oxygen atoms in total. The van der Waals surface area contributed by atoms with Gasteiger partial charge in [-0.1, -0.05) is 0 Å². The molecule has 156 valence electrons. The van der Waals surface area contributed by atoms with E-state index in [9.17, 15) is 14.4 Å². The Kier molecular flexibility index (Phi) is 9.55. The van der Waals surface area contributed by atoms with E-state index in [1.165, 1.54) is 14.2 Å². The Morgan fingerprint density at radius 2 is 1.56 bits per heavy atom. The quantitative estimate of drug-likeness (QED) is 0.573. The minimum absolute atomic E-state index is 0.0767. The Morgan fingerprint density at radius 1 is 0.963 bits per heavy atom. The highest BCUT2D eigenvalue weighted by atomic mass is 16.6. The van der Waals surface area contributed by atoms with Crippen molar-refractivity contribution in [3.63, 3.8) is 0 Å². The van der Waals surface area contributed by atoms with Crippen molar-refractivity contribution < 1.29 is 28.6 Å². The van der Waals surface area contributed by atoms with Crippen molar-refractivity contribution in [1.82, 2.24) is 10.2 Å². The highest BCUT2D eigenvalue weighted by molar-refractivity contribution is 5.75. The van der Waals surface area contributed by atoms with Crippen molar-refractivity contribution in [3.8, 4) is 0 Å². The van der Waals surface area contributed by atoms with Crippen LogP contribution in [-0.2, 0) is 23.8 Å². The summed E-state index contributed by atoms with van der Waals surface area (Å²) in [5, 5.41) is 3.15. The number of nitrogens with zero attached hydrogens (tertiary/aromatic N) is 1. The lowest BCUT2D eigenvalue weighted by atomic mass is 9.99. The molecule has 2 atom stereocenters. The second kappa shape index (κ2) is 11.1. The summed E-state index contributed by atoms with van der Waals surface area (Å²) < 4.78 is 14.6. The van der Waals surface area contributed by atoms with Crippen LogP contribution in [0.15, 0.2) is 0 Å². The van der Waals surface area contributed by atoms with Crippen LogP contribution in [0.4, 0.5) is 4.79 Å². The zero-order chi connectivity index (χ0) is 20.4. The van der Waals surface area contributed by atoms with Crippen LogP contribution in [0.3, 0.4) is 0 Å². The van der Waals surface area contributed by atoms with Gasteiger partial charge in [0, 0.05) is 19.6 Å². The van der Waals surface area contributed by atoms with E-state index in [0.717, 1.165) is 38.8 Å². The molecular formula is C19H34N2O6. The Bertz CT molecular complexity index is 497. The fourth-order valence-electron chi connectivity index (χ4n) is 3.05. The maximum absolute atomic E-state index is 11.8. The maximum atomic E-state index is 11.8. The van der Waals surface area contributed by atoms with Gasteiger partial charge in [-0.3, -0.25) is 9.59 Å². The Balaban J connectivity index is 0.000000309. The molecule has 2 rings (SSSR count). The van der Waals surface area contributed by atoms with Crippen LogP contribution in [0.5, 0.6) is 0 Å². The Morgan fingerprint density at radius 3 is 2.07 bits per heavy atom. The number of esters is 2. The van der Waals surface area contributed by atoms with Crippen LogP contribution in [0, 0.1) is 11.8 Å². The number of hydrogen-bond donors (Lipinski definition) is 1. The van der Waals surface area contributed by atoms with Crippen LogP contribution in [0.2, 0.25) is 0 Å². The number of piperidine rings is 2. The number of carbonyl (C=O) groups is 3. The molecule has 0 aromatic rings. The molecule has 0 aromatic carbocycles. The molecule has 0 saturated carbocycles. The predicted molar refractivity (Wildman–Crippen MR) is 100 cm³/mol. The molecule has 1 N–H and O–H groups in total. The molecule has 1 amide bonds. The van der Waals surface area contributed by atoms with E-state index in [0.29, 0.717) is 13.1 Å². The van der Waals surface area contributed by atoms with Crippen LogP contribution in [-0.4, -0.2) is 68.9 Å².